The van der Waals surface area contributed by atoms with E-state index in [2.05, 4.69) is 5.32 Å². The standard InChI is InChI=1S/C13H26N2O4/c1-10(2)18-9-13(17)15(5)7-6-11(3)19-8-12(16)14-4/h10-11H,6-9H2,1-5H3,(H,14,16). The normalized spacial score (nSPS) is 12.3. The molecule has 0 rings (SSSR count). The van der Waals surface area contributed by atoms with Crippen LogP contribution in [0.4, 0.5) is 0 Å². The van der Waals surface area contributed by atoms with E-state index in [9.17, 15) is 9.59 Å². The quantitative estimate of drug-likeness (QED) is 0.661. The highest BCUT2D eigenvalue weighted by molar-refractivity contribution is 5.77. The molecule has 2 amide bonds. The lowest BCUT2D eigenvalue weighted by molar-refractivity contribution is -0.137. The van der Waals surface area contributed by atoms with Gasteiger partial charge >= 0.3 is 0 Å². The average Bonchev–Trinajstić information content (AvgIpc) is 2.38. The predicted molar refractivity (Wildman–Crippen MR) is 72.8 cm³/mol. The summed E-state index contributed by atoms with van der Waals surface area (Å²) < 4.78 is 10.6. The van der Waals surface area contributed by atoms with Gasteiger partial charge in [0.05, 0.1) is 12.2 Å². The van der Waals surface area contributed by atoms with Crippen LogP contribution in [0.25, 0.3) is 0 Å². The molecule has 1 atom stereocenters. The molecule has 0 aliphatic heterocycles. The van der Waals surface area contributed by atoms with Crippen LogP contribution in [0, 0.1) is 0 Å². The molecule has 0 heterocycles. The molecule has 6 heteroatoms. The van der Waals surface area contributed by atoms with Crippen LogP contribution in [0.5, 0.6) is 0 Å². The summed E-state index contributed by atoms with van der Waals surface area (Å²) in [5, 5.41) is 2.49. The summed E-state index contributed by atoms with van der Waals surface area (Å²) in [6.07, 6.45) is 0.659. The van der Waals surface area contributed by atoms with Crippen LogP contribution in [0.15, 0.2) is 0 Å². The Morgan fingerprint density at radius 2 is 1.79 bits per heavy atom. The molecule has 0 aromatic carbocycles. The molecule has 0 aromatic heterocycles. The highest BCUT2D eigenvalue weighted by Crippen LogP contribution is 2.00. The van der Waals surface area contributed by atoms with Crippen molar-refractivity contribution in [1.82, 2.24) is 10.2 Å². The maximum atomic E-state index is 11.7. The summed E-state index contributed by atoms with van der Waals surface area (Å²) in [7, 11) is 3.30. The maximum Gasteiger partial charge on any atom is 0.248 e. The van der Waals surface area contributed by atoms with E-state index in [1.807, 2.05) is 20.8 Å². The van der Waals surface area contributed by atoms with E-state index >= 15 is 0 Å². The summed E-state index contributed by atoms with van der Waals surface area (Å²) in [6, 6.07) is 0. The SMILES string of the molecule is CNC(=O)COC(C)CCN(C)C(=O)COC(C)C. The van der Waals surface area contributed by atoms with Crippen molar-refractivity contribution in [2.75, 3.05) is 33.9 Å². The van der Waals surface area contributed by atoms with Crippen molar-refractivity contribution in [3.63, 3.8) is 0 Å². The number of ether oxygens (including phenoxy) is 2. The van der Waals surface area contributed by atoms with Gasteiger partial charge in [-0.25, -0.2) is 0 Å². The van der Waals surface area contributed by atoms with Crippen molar-refractivity contribution < 1.29 is 19.1 Å². The molecular formula is C13H26N2O4. The van der Waals surface area contributed by atoms with Gasteiger partial charge in [-0.1, -0.05) is 0 Å². The number of hydrogen-bond donors (Lipinski definition) is 1. The van der Waals surface area contributed by atoms with Crippen molar-refractivity contribution >= 4 is 11.8 Å². The van der Waals surface area contributed by atoms with Gasteiger partial charge in [-0.3, -0.25) is 9.59 Å². The number of rotatable bonds is 9. The fraction of sp³-hybridized carbons (Fsp3) is 0.846. The zero-order chi connectivity index (χ0) is 14.8. The third kappa shape index (κ3) is 9.44. The Morgan fingerprint density at radius 1 is 1.16 bits per heavy atom. The first-order valence-corrected chi connectivity index (χ1v) is 6.54. The lowest BCUT2D eigenvalue weighted by Gasteiger charge is -2.20. The maximum absolute atomic E-state index is 11.7. The van der Waals surface area contributed by atoms with Crippen LogP contribution < -0.4 is 5.32 Å². The number of carbonyl (C=O) groups excluding carboxylic acids is 2. The lowest BCUT2D eigenvalue weighted by Crippen LogP contribution is -2.34. The zero-order valence-corrected chi connectivity index (χ0v) is 12.6. The van der Waals surface area contributed by atoms with Crippen LogP contribution in [-0.2, 0) is 19.1 Å². The van der Waals surface area contributed by atoms with E-state index in [0.29, 0.717) is 13.0 Å². The Labute approximate surface area is 115 Å². The van der Waals surface area contributed by atoms with Crippen molar-refractivity contribution in [3.8, 4) is 0 Å². The summed E-state index contributed by atoms with van der Waals surface area (Å²) in [4.78, 5) is 24.3. The average molecular weight is 274 g/mol. The lowest BCUT2D eigenvalue weighted by atomic mass is 10.2. The molecular weight excluding hydrogens is 248 g/mol. The summed E-state index contributed by atoms with van der Waals surface area (Å²) in [5.74, 6) is -0.200. The third-order valence-electron chi connectivity index (χ3n) is 2.61. The van der Waals surface area contributed by atoms with Gasteiger partial charge in [0.2, 0.25) is 11.8 Å². The van der Waals surface area contributed by atoms with Gasteiger partial charge in [-0.2, -0.15) is 0 Å². The summed E-state index contributed by atoms with van der Waals surface area (Å²) in [6.45, 7) is 6.39. The van der Waals surface area contributed by atoms with E-state index in [0.717, 1.165) is 0 Å². The van der Waals surface area contributed by atoms with Crippen LogP contribution >= 0.6 is 0 Å². The molecule has 19 heavy (non-hydrogen) atoms. The molecule has 0 spiro atoms. The first-order valence-electron chi connectivity index (χ1n) is 6.54. The van der Waals surface area contributed by atoms with Crippen LogP contribution in [0.3, 0.4) is 0 Å². The van der Waals surface area contributed by atoms with Crippen LogP contribution in [0.1, 0.15) is 27.2 Å². The number of likely N-dealkylation sites (N-methyl/N-ethyl adjacent to an activating group) is 2. The highest BCUT2D eigenvalue weighted by Gasteiger charge is 2.12. The number of amides is 2. The van der Waals surface area contributed by atoms with Crippen LogP contribution in [-0.4, -0.2) is 62.8 Å². The Bertz CT molecular complexity index is 282. The fourth-order valence-corrected chi connectivity index (χ4v) is 1.22. The number of nitrogens with zero attached hydrogens (tertiary/aromatic N) is 1. The monoisotopic (exact) mass is 274 g/mol. The minimum Gasteiger partial charge on any atom is -0.369 e. The minimum atomic E-state index is -0.151. The Morgan fingerprint density at radius 3 is 2.32 bits per heavy atom. The van der Waals surface area contributed by atoms with E-state index in [1.54, 1.807) is 19.0 Å². The van der Waals surface area contributed by atoms with Gasteiger partial charge in [-0.05, 0) is 27.2 Å². The molecule has 1 unspecified atom stereocenters. The molecule has 0 radical (unpaired) electrons. The summed E-state index contributed by atoms with van der Waals surface area (Å²) >= 11 is 0. The largest absolute Gasteiger partial charge is 0.369 e. The first-order chi connectivity index (χ1) is 8.86. The van der Waals surface area contributed by atoms with Gasteiger partial charge < -0.3 is 19.7 Å². The second-order valence-corrected chi connectivity index (χ2v) is 4.76. The van der Waals surface area contributed by atoms with Gasteiger partial charge in [0, 0.05) is 20.6 Å². The Hall–Kier alpha value is -1.14. The Balaban J connectivity index is 3.79. The smallest absolute Gasteiger partial charge is 0.248 e. The summed E-state index contributed by atoms with van der Waals surface area (Å²) in [5.41, 5.74) is 0. The second kappa shape index (κ2) is 9.75. The van der Waals surface area contributed by atoms with Crippen molar-refractivity contribution in [1.29, 1.82) is 0 Å². The van der Waals surface area contributed by atoms with Crippen molar-refractivity contribution in [2.45, 2.75) is 39.4 Å². The van der Waals surface area contributed by atoms with E-state index in [4.69, 9.17) is 9.47 Å². The third-order valence-corrected chi connectivity index (χ3v) is 2.61. The molecule has 0 bridgehead atoms. The number of nitrogens with one attached hydrogen (secondary N) is 1. The van der Waals surface area contributed by atoms with Gasteiger partial charge in [-0.15, -0.1) is 0 Å². The molecule has 1 N–H and O–H groups in total. The number of carbonyl (C=O) groups is 2. The van der Waals surface area contributed by atoms with Crippen molar-refractivity contribution in [3.05, 3.63) is 0 Å². The first kappa shape index (κ1) is 17.9. The van der Waals surface area contributed by atoms with E-state index in [-0.39, 0.29) is 37.2 Å². The molecule has 0 fully saturated rings. The Kier molecular flexibility index (Phi) is 9.16. The van der Waals surface area contributed by atoms with Gasteiger partial charge in [0.25, 0.3) is 0 Å². The minimum absolute atomic E-state index is 0.0474. The highest BCUT2D eigenvalue weighted by atomic mass is 16.5. The van der Waals surface area contributed by atoms with Gasteiger partial charge in [0.15, 0.2) is 0 Å². The van der Waals surface area contributed by atoms with Crippen LogP contribution in [0.2, 0.25) is 0 Å². The van der Waals surface area contributed by atoms with E-state index < -0.39 is 0 Å². The van der Waals surface area contributed by atoms with Crippen molar-refractivity contribution in [2.24, 2.45) is 0 Å². The molecule has 0 saturated carbocycles. The zero-order valence-electron chi connectivity index (χ0n) is 12.6. The number of hydrogen-bond acceptors (Lipinski definition) is 4. The molecule has 6 nitrogen and oxygen atoms in total. The molecule has 0 aliphatic rings. The molecule has 112 valence electrons. The topological polar surface area (TPSA) is 67.9 Å². The van der Waals surface area contributed by atoms with E-state index in [1.165, 1.54) is 0 Å². The molecule has 0 saturated heterocycles. The fourth-order valence-electron chi connectivity index (χ4n) is 1.22. The second-order valence-electron chi connectivity index (χ2n) is 4.76. The van der Waals surface area contributed by atoms with Gasteiger partial charge in [0.1, 0.15) is 13.2 Å². The molecule has 0 aliphatic carbocycles. The predicted octanol–water partition coefficient (Wildman–Crippen LogP) is 0.411. The molecule has 0 aromatic rings.